The van der Waals surface area contributed by atoms with Crippen LogP contribution in [0.2, 0.25) is 0 Å². The molecule has 1 fully saturated rings. The molecule has 0 saturated carbocycles. The van der Waals surface area contributed by atoms with Gasteiger partial charge in [0.15, 0.2) is 5.82 Å². The van der Waals surface area contributed by atoms with Crippen LogP contribution < -0.4 is 4.90 Å². The molecular formula is C13H18N4. The average Bonchev–Trinajstić information content (AvgIpc) is 2.83. The molecule has 2 rings (SSSR count). The van der Waals surface area contributed by atoms with Crippen LogP contribution >= 0.6 is 0 Å². The normalized spacial score (nSPS) is 18.1. The highest BCUT2D eigenvalue weighted by atomic mass is 15.3. The number of hydrogen-bond donors (Lipinski definition) is 0. The van der Waals surface area contributed by atoms with E-state index in [4.69, 9.17) is 5.26 Å². The van der Waals surface area contributed by atoms with Crippen molar-refractivity contribution < 1.29 is 0 Å². The molecule has 1 saturated heterocycles. The van der Waals surface area contributed by atoms with Crippen molar-refractivity contribution >= 4 is 5.82 Å². The van der Waals surface area contributed by atoms with Crippen molar-refractivity contribution in [3.05, 3.63) is 17.8 Å². The van der Waals surface area contributed by atoms with Crippen LogP contribution in [0.3, 0.4) is 0 Å². The number of hydrogen-bond acceptors (Lipinski definition) is 4. The van der Waals surface area contributed by atoms with E-state index in [1.807, 2.05) is 0 Å². The minimum Gasteiger partial charge on any atom is -0.353 e. The summed E-state index contributed by atoms with van der Waals surface area (Å²) >= 11 is 0. The third-order valence-electron chi connectivity index (χ3n) is 4.06. The van der Waals surface area contributed by atoms with Crippen LogP contribution in [0.5, 0.6) is 0 Å². The van der Waals surface area contributed by atoms with Gasteiger partial charge in [0.2, 0.25) is 0 Å². The van der Waals surface area contributed by atoms with Crippen molar-refractivity contribution in [1.29, 1.82) is 5.26 Å². The van der Waals surface area contributed by atoms with E-state index in [0.717, 1.165) is 18.9 Å². The minimum absolute atomic E-state index is 0.393. The van der Waals surface area contributed by atoms with Gasteiger partial charge in [0.05, 0.1) is 11.8 Å². The van der Waals surface area contributed by atoms with Crippen LogP contribution in [0.4, 0.5) is 5.82 Å². The standard InChI is InChI=1S/C13H18N4/c1-3-13(4-2)6-8-17(10-13)12-11(9-14)5-7-15-16-12/h5,7H,3-4,6,8,10H2,1-2H3. The van der Waals surface area contributed by atoms with E-state index in [0.29, 0.717) is 11.0 Å². The largest absolute Gasteiger partial charge is 0.353 e. The molecule has 0 amide bonds. The lowest BCUT2D eigenvalue weighted by Crippen LogP contribution is -2.27. The summed E-state index contributed by atoms with van der Waals surface area (Å²) in [6.07, 6.45) is 5.12. The lowest BCUT2D eigenvalue weighted by Gasteiger charge is -2.26. The molecule has 0 aliphatic carbocycles. The van der Waals surface area contributed by atoms with Crippen molar-refractivity contribution in [3.8, 4) is 6.07 Å². The molecule has 0 atom stereocenters. The molecule has 90 valence electrons. The summed E-state index contributed by atoms with van der Waals surface area (Å²) in [7, 11) is 0. The van der Waals surface area contributed by atoms with Gasteiger partial charge in [0, 0.05) is 13.1 Å². The zero-order valence-corrected chi connectivity index (χ0v) is 10.5. The Morgan fingerprint density at radius 1 is 1.47 bits per heavy atom. The SMILES string of the molecule is CCC1(CC)CCN(c2nnccc2C#N)C1. The van der Waals surface area contributed by atoms with E-state index in [-0.39, 0.29) is 0 Å². The van der Waals surface area contributed by atoms with Gasteiger partial charge in [-0.1, -0.05) is 13.8 Å². The zero-order chi connectivity index (χ0) is 12.3. The number of nitriles is 1. The van der Waals surface area contributed by atoms with Gasteiger partial charge in [0.25, 0.3) is 0 Å². The maximum atomic E-state index is 9.08. The minimum atomic E-state index is 0.393. The number of rotatable bonds is 3. The Bertz CT molecular complexity index is 431. The average molecular weight is 230 g/mol. The predicted molar refractivity (Wildman–Crippen MR) is 66.6 cm³/mol. The first kappa shape index (κ1) is 11.8. The van der Waals surface area contributed by atoms with Gasteiger partial charge in [-0.3, -0.25) is 0 Å². The van der Waals surface area contributed by atoms with Crippen molar-refractivity contribution in [2.75, 3.05) is 18.0 Å². The van der Waals surface area contributed by atoms with Crippen LogP contribution in [0, 0.1) is 16.7 Å². The molecule has 2 heterocycles. The van der Waals surface area contributed by atoms with Gasteiger partial charge in [-0.15, -0.1) is 5.10 Å². The third-order valence-corrected chi connectivity index (χ3v) is 4.06. The Morgan fingerprint density at radius 3 is 2.82 bits per heavy atom. The molecule has 4 nitrogen and oxygen atoms in total. The molecule has 1 aromatic rings. The quantitative estimate of drug-likeness (QED) is 0.800. The first-order valence-corrected chi connectivity index (χ1v) is 6.21. The highest BCUT2D eigenvalue weighted by molar-refractivity contribution is 5.53. The van der Waals surface area contributed by atoms with E-state index in [1.54, 1.807) is 12.3 Å². The fourth-order valence-electron chi connectivity index (χ4n) is 2.59. The summed E-state index contributed by atoms with van der Waals surface area (Å²) in [5.74, 6) is 0.749. The summed E-state index contributed by atoms with van der Waals surface area (Å²) in [5, 5.41) is 17.1. The molecule has 4 heteroatoms. The van der Waals surface area contributed by atoms with E-state index in [1.165, 1.54) is 19.3 Å². The second-order valence-electron chi connectivity index (χ2n) is 4.76. The smallest absolute Gasteiger partial charge is 0.169 e. The Balaban J connectivity index is 2.24. The van der Waals surface area contributed by atoms with Gasteiger partial charge in [-0.25, -0.2) is 0 Å². The van der Waals surface area contributed by atoms with Crippen LogP contribution in [0.1, 0.15) is 38.7 Å². The molecule has 0 N–H and O–H groups in total. The topological polar surface area (TPSA) is 52.8 Å². The third kappa shape index (κ3) is 2.10. The molecular weight excluding hydrogens is 212 g/mol. The second kappa shape index (κ2) is 4.70. The maximum absolute atomic E-state index is 9.08. The van der Waals surface area contributed by atoms with Crippen molar-refractivity contribution in [2.45, 2.75) is 33.1 Å². The maximum Gasteiger partial charge on any atom is 0.169 e. The van der Waals surface area contributed by atoms with E-state index >= 15 is 0 Å². The Kier molecular flexibility index (Phi) is 3.28. The van der Waals surface area contributed by atoms with Crippen molar-refractivity contribution in [2.24, 2.45) is 5.41 Å². The predicted octanol–water partition coefficient (Wildman–Crippen LogP) is 2.36. The summed E-state index contributed by atoms with van der Waals surface area (Å²) in [6, 6.07) is 3.93. The van der Waals surface area contributed by atoms with Crippen LogP contribution in [-0.2, 0) is 0 Å². The monoisotopic (exact) mass is 230 g/mol. The van der Waals surface area contributed by atoms with Gasteiger partial charge in [0.1, 0.15) is 6.07 Å². The van der Waals surface area contributed by atoms with E-state index < -0.39 is 0 Å². The lowest BCUT2D eigenvalue weighted by molar-refractivity contribution is 0.301. The number of aromatic nitrogens is 2. The highest BCUT2D eigenvalue weighted by Gasteiger charge is 2.36. The van der Waals surface area contributed by atoms with Gasteiger partial charge in [-0.05, 0) is 30.7 Å². The molecule has 1 aliphatic rings. The summed E-state index contributed by atoms with van der Waals surface area (Å²) < 4.78 is 0. The van der Waals surface area contributed by atoms with Gasteiger partial charge >= 0.3 is 0 Å². The number of nitrogens with zero attached hydrogens (tertiary/aromatic N) is 4. The Morgan fingerprint density at radius 2 is 2.24 bits per heavy atom. The summed E-state index contributed by atoms with van der Waals surface area (Å²) in [5.41, 5.74) is 1.02. The molecule has 1 aliphatic heterocycles. The summed E-state index contributed by atoms with van der Waals surface area (Å²) in [4.78, 5) is 2.21. The van der Waals surface area contributed by atoms with Crippen molar-refractivity contribution in [3.63, 3.8) is 0 Å². The van der Waals surface area contributed by atoms with E-state index in [9.17, 15) is 0 Å². The molecule has 0 unspecified atom stereocenters. The Hall–Kier alpha value is -1.63. The van der Waals surface area contributed by atoms with Gasteiger partial charge in [-0.2, -0.15) is 10.4 Å². The molecule has 17 heavy (non-hydrogen) atoms. The second-order valence-corrected chi connectivity index (χ2v) is 4.76. The lowest BCUT2D eigenvalue weighted by atomic mass is 9.82. The molecule has 0 radical (unpaired) electrons. The fraction of sp³-hybridized carbons (Fsp3) is 0.615. The highest BCUT2D eigenvalue weighted by Crippen LogP contribution is 2.38. The van der Waals surface area contributed by atoms with Gasteiger partial charge < -0.3 is 4.90 Å². The first-order chi connectivity index (χ1) is 8.24. The molecule has 0 aromatic carbocycles. The summed E-state index contributed by atoms with van der Waals surface area (Å²) in [6.45, 7) is 6.46. The van der Waals surface area contributed by atoms with E-state index in [2.05, 4.69) is 35.0 Å². The van der Waals surface area contributed by atoms with Crippen LogP contribution in [-0.4, -0.2) is 23.3 Å². The fourth-order valence-corrected chi connectivity index (χ4v) is 2.59. The van der Waals surface area contributed by atoms with Crippen LogP contribution in [0.25, 0.3) is 0 Å². The number of anilines is 1. The molecule has 0 bridgehead atoms. The molecule has 0 spiro atoms. The molecule has 1 aromatic heterocycles. The van der Waals surface area contributed by atoms with Crippen molar-refractivity contribution in [1.82, 2.24) is 10.2 Å². The zero-order valence-electron chi connectivity index (χ0n) is 10.5. The van der Waals surface area contributed by atoms with Crippen LogP contribution in [0.15, 0.2) is 12.3 Å². The first-order valence-electron chi connectivity index (χ1n) is 6.21. The Labute approximate surface area is 102 Å².